The van der Waals surface area contributed by atoms with E-state index >= 15 is 0 Å². The van der Waals surface area contributed by atoms with Crippen LogP contribution >= 0.6 is 0 Å². The molecule has 0 amide bonds. The molecule has 18 heavy (non-hydrogen) atoms. The van der Waals surface area contributed by atoms with Gasteiger partial charge in [-0.2, -0.15) is 0 Å². The molecule has 0 saturated heterocycles. The van der Waals surface area contributed by atoms with E-state index in [9.17, 15) is 4.79 Å². The van der Waals surface area contributed by atoms with Gasteiger partial charge in [0.05, 0.1) is 10.9 Å². The fourth-order valence-corrected chi connectivity index (χ4v) is 1.97. The third-order valence-electron chi connectivity index (χ3n) is 2.79. The highest BCUT2D eigenvalue weighted by Crippen LogP contribution is 2.12. The second kappa shape index (κ2) is 3.80. The minimum atomic E-state index is -0.133. The van der Waals surface area contributed by atoms with Gasteiger partial charge in [0.15, 0.2) is 5.82 Å². The summed E-state index contributed by atoms with van der Waals surface area (Å²) in [6.45, 7) is 3.56. The zero-order valence-electron chi connectivity index (χ0n) is 10.0. The Morgan fingerprint density at radius 2 is 2.00 bits per heavy atom. The van der Waals surface area contributed by atoms with Crippen molar-refractivity contribution in [2.24, 2.45) is 0 Å². The topological polar surface area (TPSA) is 60.9 Å². The van der Waals surface area contributed by atoms with Crippen molar-refractivity contribution in [1.82, 2.24) is 14.7 Å². The number of rotatable bonds is 1. The molecule has 2 aromatic heterocycles. The molecule has 5 nitrogen and oxygen atoms in total. The summed E-state index contributed by atoms with van der Waals surface area (Å²) in [6, 6.07) is 8.97. The molecule has 0 fully saturated rings. The van der Waals surface area contributed by atoms with Crippen LogP contribution in [0.25, 0.3) is 16.7 Å². The van der Waals surface area contributed by atoms with Gasteiger partial charge in [-0.25, -0.2) is 9.55 Å². The second-order valence-electron chi connectivity index (χ2n) is 4.11. The van der Waals surface area contributed by atoms with Gasteiger partial charge in [-0.05, 0) is 26.0 Å². The summed E-state index contributed by atoms with van der Waals surface area (Å²) in [7, 11) is 0. The average Bonchev–Trinajstić information content (AvgIpc) is 2.76. The first-order valence-corrected chi connectivity index (χ1v) is 5.59. The average molecular weight is 241 g/mol. The Kier molecular flexibility index (Phi) is 2.26. The third-order valence-corrected chi connectivity index (χ3v) is 2.79. The number of fused-ring (bicyclic) bond motifs is 1. The predicted octanol–water partition coefficient (Wildman–Crippen LogP) is 1.99. The maximum absolute atomic E-state index is 12.4. The number of aryl methyl sites for hydroxylation is 2. The minimum absolute atomic E-state index is 0.133. The van der Waals surface area contributed by atoms with Crippen molar-refractivity contribution in [2.75, 3.05) is 0 Å². The van der Waals surface area contributed by atoms with Crippen molar-refractivity contribution in [3.8, 4) is 5.82 Å². The van der Waals surface area contributed by atoms with Crippen LogP contribution in [-0.4, -0.2) is 14.7 Å². The maximum atomic E-state index is 12.4. The van der Waals surface area contributed by atoms with Crippen LogP contribution in [-0.2, 0) is 0 Å². The summed E-state index contributed by atoms with van der Waals surface area (Å²) in [5.74, 6) is 1.71. The van der Waals surface area contributed by atoms with Crippen molar-refractivity contribution in [2.45, 2.75) is 13.8 Å². The number of benzene rings is 1. The van der Waals surface area contributed by atoms with Crippen LogP contribution in [0.5, 0.6) is 0 Å². The number of hydrogen-bond acceptors (Lipinski definition) is 4. The van der Waals surface area contributed by atoms with Crippen molar-refractivity contribution in [3.63, 3.8) is 0 Å². The monoisotopic (exact) mass is 241 g/mol. The van der Waals surface area contributed by atoms with E-state index in [1.165, 1.54) is 4.57 Å². The zero-order chi connectivity index (χ0) is 12.7. The van der Waals surface area contributed by atoms with Gasteiger partial charge in [0.2, 0.25) is 0 Å². The van der Waals surface area contributed by atoms with E-state index in [1.807, 2.05) is 18.2 Å². The maximum Gasteiger partial charge on any atom is 0.267 e. The first kappa shape index (κ1) is 10.7. The van der Waals surface area contributed by atoms with Crippen molar-refractivity contribution in [1.29, 1.82) is 0 Å². The molecular formula is C13H11N3O2. The number of hydrogen-bond donors (Lipinski definition) is 0. The summed E-state index contributed by atoms with van der Waals surface area (Å²) in [6.07, 6.45) is 0. The van der Waals surface area contributed by atoms with E-state index in [0.29, 0.717) is 28.3 Å². The van der Waals surface area contributed by atoms with Gasteiger partial charge in [-0.15, -0.1) is 0 Å². The fraction of sp³-hybridized carbons (Fsp3) is 0.154. The number of aromatic nitrogens is 3. The molecule has 90 valence electrons. The molecule has 0 aliphatic heterocycles. The highest BCUT2D eigenvalue weighted by atomic mass is 16.5. The Morgan fingerprint density at radius 1 is 1.22 bits per heavy atom. The summed E-state index contributed by atoms with van der Waals surface area (Å²) in [4.78, 5) is 16.8. The Morgan fingerprint density at radius 3 is 2.72 bits per heavy atom. The summed E-state index contributed by atoms with van der Waals surface area (Å²) >= 11 is 0. The van der Waals surface area contributed by atoms with Crippen LogP contribution in [0.3, 0.4) is 0 Å². The van der Waals surface area contributed by atoms with Gasteiger partial charge < -0.3 is 4.52 Å². The van der Waals surface area contributed by atoms with Gasteiger partial charge >= 0.3 is 0 Å². The van der Waals surface area contributed by atoms with Gasteiger partial charge in [0, 0.05) is 6.07 Å². The number of nitrogens with zero attached hydrogens (tertiary/aromatic N) is 3. The molecular weight excluding hydrogens is 230 g/mol. The smallest absolute Gasteiger partial charge is 0.267 e. The normalized spacial score (nSPS) is 11.0. The van der Waals surface area contributed by atoms with E-state index in [-0.39, 0.29) is 5.56 Å². The largest absolute Gasteiger partial charge is 0.360 e. The standard InChI is InChI=1S/C13H11N3O2/c1-8-7-12(15-18-8)16-9(2)14-11-6-4-3-5-10(11)13(16)17/h3-7H,1-2H3. The lowest BCUT2D eigenvalue weighted by Crippen LogP contribution is -2.22. The van der Waals surface area contributed by atoms with Crippen molar-refractivity contribution < 1.29 is 4.52 Å². The first-order chi connectivity index (χ1) is 8.66. The van der Waals surface area contributed by atoms with E-state index in [2.05, 4.69) is 10.1 Å². The van der Waals surface area contributed by atoms with Gasteiger partial charge in [0.25, 0.3) is 5.56 Å². The molecule has 3 rings (SSSR count). The molecule has 0 radical (unpaired) electrons. The predicted molar refractivity (Wildman–Crippen MR) is 66.9 cm³/mol. The van der Waals surface area contributed by atoms with Crippen LogP contribution in [0.15, 0.2) is 39.6 Å². The van der Waals surface area contributed by atoms with Crippen molar-refractivity contribution >= 4 is 10.9 Å². The Bertz CT molecular complexity index is 786. The summed E-state index contributed by atoms with van der Waals surface area (Å²) in [5, 5.41) is 4.44. The van der Waals surface area contributed by atoms with E-state index < -0.39 is 0 Å². The molecule has 0 atom stereocenters. The second-order valence-corrected chi connectivity index (χ2v) is 4.11. The van der Waals surface area contributed by atoms with Crippen LogP contribution in [0.4, 0.5) is 0 Å². The molecule has 0 N–H and O–H groups in total. The molecule has 1 aromatic carbocycles. The van der Waals surface area contributed by atoms with Crippen LogP contribution in [0.1, 0.15) is 11.6 Å². The Hall–Kier alpha value is -2.43. The van der Waals surface area contributed by atoms with E-state index in [1.54, 1.807) is 26.0 Å². The first-order valence-electron chi connectivity index (χ1n) is 5.59. The molecule has 0 aliphatic carbocycles. The molecule has 0 bridgehead atoms. The Labute approximate surface area is 103 Å². The molecule has 0 aliphatic rings. The van der Waals surface area contributed by atoms with Crippen LogP contribution in [0, 0.1) is 13.8 Å². The third kappa shape index (κ3) is 1.52. The summed E-state index contributed by atoms with van der Waals surface area (Å²) in [5.41, 5.74) is 0.558. The van der Waals surface area contributed by atoms with Crippen LogP contribution < -0.4 is 5.56 Å². The van der Waals surface area contributed by atoms with Crippen molar-refractivity contribution in [3.05, 3.63) is 52.3 Å². The van der Waals surface area contributed by atoms with E-state index in [0.717, 1.165) is 0 Å². The quantitative estimate of drug-likeness (QED) is 0.653. The molecule has 0 saturated carbocycles. The van der Waals surface area contributed by atoms with E-state index in [4.69, 9.17) is 4.52 Å². The zero-order valence-corrected chi connectivity index (χ0v) is 10.0. The SMILES string of the molecule is Cc1cc(-n2c(C)nc3ccccc3c2=O)no1. The fourth-order valence-electron chi connectivity index (χ4n) is 1.97. The highest BCUT2D eigenvalue weighted by molar-refractivity contribution is 5.77. The number of para-hydroxylation sites is 1. The van der Waals surface area contributed by atoms with Crippen LogP contribution in [0.2, 0.25) is 0 Å². The lowest BCUT2D eigenvalue weighted by atomic mass is 10.2. The molecule has 5 heteroatoms. The Balaban J connectivity index is 2.40. The lowest BCUT2D eigenvalue weighted by molar-refractivity contribution is 0.394. The molecule has 2 heterocycles. The van der Waals surface area contributed by atoms with Gasteiger partial charge in [-0.3, -0.25) is 4.79 Å². The minimum Gasteiger partial charge on any atom is -0.360 e. The summed E-state index contributed by atoms with van der Waals surface area (Å²) < 4.78 is 6.46. The molecule has 3 aromatic rings. The van der Waals surface area contributed by atoms with Gasteiger partial charge in [-0.1, -0.05) is 17.3 Å². The van der Waals surface area contributed by atoms with Gasteiger partial charge in [0.1, 0.15) is 11.6 Å². The molecule has 0 spiro atoms. The lowest BCUT2D eigenvalue weighted by Gasteiger charge is -2.06. The highest BCUT2D eigenvalue weighted by Gasteiger charge is 2.12. The molecule has 0 unspecified atom stereocenters.